The molecule has 0 bridgehead atoms. The summed E-state index contributed by atoms with van der Waals surface area (Å²) in [5.41, 5.74) is 14.1. The van der Waals surface area contributed by atoms with Gasteiger partial charge in [0.05, 0.1) is 6.26 Å². The summed E-state index contributed by atoms with van der Waals surface area (Å²) in [5, 5.41) is 3.39. The highest BCUT2D eigenvalue weighted by molar-refractivity contribution is 7.86. The second kappa shape index (κ2) is 7.96. The first kappa shape index (κ1) is 22.4. The Morgan fingerprint density at radius 3 is 2.42 bits per heavy atom. The van der Waals surface area contributed by atoms with Crippen LogP contribution in [0.1, 0.15) is 18.1 Å². The van der Waals surface area contributed by atoms with Crippen molar-refractivity contribution in [2.75, 3.05) is 19.0 Å². The summed E-state index contributed by atoms with van der Waals surface area (Å²) in [6.07, 6.45) is 4.75. The van der Waals surface area contributed by atoms with Gasteiger partial charge < -0.3 is 21.0 Å². The van der Waals surface area contributed by atoms with Gasteiger partial charge in [0.25, 0.3) is 5.91 Å². The van der Waals surface area contributed by atoms with E-state index in [-0.39, 0.29) is 23.7 Å². The fourth-order valence-electron chi connectivity index (χ4n) is 4.01. The predicted molar refractivity (Wildman–Crippen MR) is 127 cm³/mol. The van der Waals surface area contributed by atoms with Crippen molar-refractivity contribution in [1.29, 1.82) is 0 Å². The molecule has 0 fully saturated rings. The highest BCUT2D eigenvalue weighted by Crippen LogP contribution is 2.42. The number of rotatable bonds is 5. The van der Waals surface area contributed by atoms with E-state index in [0.717, 1.165) is 17.5 Å². The third kappa shape index (κ3) is 4.17. The van der Waals surface area contributed by atoms with Crippen LogP contribution in [0, 0.1) is 0 Å². The quantitative estimate of drug-likeness (QED) is 0.448. The number of likely N-dealkylation sites (N-methyl/N-ethyl adjacent to an activating group) is 1. The molecule has 33 heavy (non-hydrogen) atoms. The number of anilines is 1. The molecule has 10 heteroatoms. The summed E-state index contributed by atoms with van der Waals surface area (Å²) < 4.78 is 27.9. The van der Waals surface area contributed by atoms with Crippen molar-refractivity contribution in [3.05, 3.63) is 77.4 Å². The number of benzene rings is 2. The van der Waals surface area contributed by atoms with Gasteiger partial charge in [-0.3, -0.25) is 9.69 Å². The topological polar surface area (TPSA) is 140 Å². The van der Waals surface area contributed by atoms with Crippen LogP contribution in [0.4, 0.5) is 5.69 Å². The van der Waals surface area contributed by atoms with Crippen LogP contribution in [0.3, 0.4) is 0 Å². The van der Waals surface area contributed by atoms with E-state index in [1.165, 1.54) is 17.0 Å². The molecule has 9 nitrogen and oxygen atoms in total. The minimum Gasteiger partial charge on any atom is -0.399 e. The van der Waals surface area contributed by atoms with Gasteiger partial charge in [-0.25, -0.2) is 4.99 Å². The molecule has 1 amide bonds. The Bertz CT molecular complexity index is 1310. The lowest BCUT2D eigenvalue weighted by molar-refractivity contribution is -0.129. The SMILES string of the molecule is CC1C=C(C2(c3ccc(OS(C)(=O)=O)cc3)N=C(N)N(C)C2=O)C=C(c2cccc(N)c2)N1. The van der Waals surface area contributed by atoms with E-state index in [9.17, 15) is 13.2 Å². The molecule has 2 heterocycles. The molecule has 2 aromatic rings. The van der Waals surface area contributed by atoms with Crippen molar-refractivity contribution in [2.45, 2.75) is 18.5 Å². The van der Waals surface area contributed by atoms with Gasteiger partial charge in [0.15, 0.2) is 11.5 Å². The fraction of sp³-hybridized carbons (Fsp3) is 0.217. The number of hydrogen-bond donors (Lipinski definition) is 3. The Kier molecular flexibility index (Phi) is 5.41. The van der Waals surface area contributed by atoms with E-state index in [0.29, 0.717) is 16.8 Å². The van der Waals surface area contributed by atoms with Gasteiger partial charge in [0.2, 0.25) is 0 Å². The molecule has 2 aliphatic rings. The molecule has 0 saturated heterocycles. The second-order valence-corrected chi connectivity index (χ2v) is 9.67. The van der Waals surface area contributed by atoms with Crippen LogP contribution in [0.25, 0.3) is 5.70 Å². The monoisotopic (exact) mass is 467 g/mol. The van der Waals surface area contributed by atoms with Crippen molar-refractivity contribution in [3.8, 4) is 5.75 Å². The Balaban J connectivity index is 1.86. The summed E-state index contributed by atoms with van der Waals surface area (Å²) >= 11 is 0. The maximum Gasteiger partial charge on any atom is 0.306 e. The van der Waals surface area contributed by atoms with Crippen molar-refractivity contribution < 1.29 is 17.4 Å². The summed E-state index contributed by atoms with van der Waals surface area (Å²) in [6.45, 7) is 1.96. The first-order valence-corrected chi connectivity index (χ1v) is 12.0. The molecule has 4 rings (SSSR count). The number of nitrogens with two attached hydrogens (primary N) is 2. The summed E-state index contributed by atoms with van der Waals surface area (Å²) in [6, 6.07) is 13.5. The molecule has 0 radical (unpaired) electrons. The molecule has 2 atom stereocenters. The number of carbonyl (C=O) groups excluding carboxylic acids is 1. The number of amides is 1. The van der Waals surface area contributed by atoms with Gasteiger partial charge in [-0.2, -0.15) is 8.42 Å². The molecular weight excluding hydrogens is 442 g/mol. The van der Waals surface area contributed by atoms with Crippen LogP contribution in [-0.2, 0) is 20.5 Å². The first-order chi connectivity index (χ1) is 15.5. The van der Waals surface area contributed by atoms with Gasteiger partial charge in [-0.05, 0) is 54.0 Å². The molecule has 0 aliphatic carbocycles. The number of nitrogens with one attached hydrogen (secondary N) is 1. The Morgan fingerprint density at radius 2 is 1.85 bits per heavy atom. The van der Waals surface area contributed by atoms with Crippen LogP contribution in [0.15, 0.2) is 71.2 Å². The van der Waals surface area contributed by atoms with Crippen LogP contribution in [-0.4, -0.2) is 44.5 Å². The number of aliphatic imine (C=N–C) groups is 1. The van der Waals surface area contributed by atoms with Gasteiger partial charge in [-0.1, -0.05) is 30.3 Å². The average Bonchev–Trinajstić information content (AvgIpc) is 2.97. The number of dihydropyridines is 1. The molecule has 0 aromatic heterocycles. The molecule has 2 aliphatic heterocycles. The number of nitrogen functional groups attached to an aromatic ring is 1. The zero-order valence-electron chi connectivity index (χ0n) is 18.4. The molecule has 0 saturated carbocycles. The fourth-order valence-corrected chi connectivity index (χ4v) is 4.47. The van der Waals surface area contributed by atoms with Crippen molar-refractivity contribution >= 4 is 33.4 Å². The lowest BCUT2D eigenvalue weighted by Gasteiger charge is -2.31. The Hall–Kier alpha value is -3.79. The van der Waals surface area contributed by atoms with E-state index in [1.807, 2.05) is 37.3 Å². The van der Waals surface area contributed by atoms with Crippen LogP contribution in [0.5, 0.6) is 5.75 Å². The van der Waals surface area contributed by atoms with Gasteiger partial charge in [0.1, 0.15) is 5.75 Å². The van der Waals surface area contributed by atoms with Gasteiger partial charge in [0, 0.05) is 24.5 Å². The molecular formula is C23H25N5O4S. The number of hydrogen-bond acceptors (Lipinski definition) is 8. The molecule has 172 valence electrons. The third-order valence-electron chi connectivity index (χ3n) is 5.49. The highest BCUT2D eigenvalue weighted by Gasteiger charge is 2.51. The number of guanidine groups is 1. The van der Waals surface area contributed by atoms with Crippen LogP contribution in [0.2, 0.25) is 0 Å². The summed E-state index contributed by atoms with van der Waals surface area (Å²) in [4.78, 5) is 19.5. The normalized spacial score (nSPS) is 22.9. The van der Waals surface area contributed by atoms with Crippen molar-refractivity contribution in [1.82, 2.24) is 10.2 Å². The molecule has 2 aromatic carbocycles. The minimum absolute atomic E-state index is 0.0856. The largest absolute Gasteiger partial charge is 0.399 e. The highest BCUT2D eigenvalue weighted by atomic mass is 32.2. The van der Waals surface area contributed by atoms with E-state index >= 15 is 0 Å². The van der Waals surface area contributed by atoms with E-state index in [1.54, 1.807) is 25.2 Å². The molecule has 0 spiro atoms. The van der Waals surface area contributed by atoms with E-state index < -0.39 is 15.7 Å². The average molecular weight is 468 g/mol. The van der Waals surface area contributed by atoms with Crippen LogP contribution < -0.4 is 21.0 Å². The lowest BCUT2D eigenvalue weighted by Crippen LogP contribution is -2.42. The smallest absolute Gasteiger partial charge is 0.306 e. The zero-order valence-corrected chi connectivity index (χ0v) is 19.3. The third-order valence-corrected chi connectivity index (χ3v) is 5.98. The summed E-state index contributed by atoms with van der Waals surface area (Å²) in [5.74, 6) is -0.0986. The molecule has 2 unspecified atom stereocenters. The standard InChI is InChI=1S/C23H25N5O4S/c1-14-11-17(13-20(26-14)15-5-4-6-18(24)12-15)23(21(29)28(2)22(25)27-23)16-7-9-19(10-8-16)32-33(3,30)31/h4-14,26H,24H2,1-3H3,(H2,25,27). The molecule has 5 N–H and O–H groups in total. The Labute approximate surface area is 192 Å². The van der Waals surface area contributed by atoms with E-state index in [4.69, 9.17) is 15.7 Å². The Morgan fingerprint density at radius 1 is 1.15 bits per heavy atom. The number of nitrogens with zero attached hydrogens (tertiary/aromatic N) is 2. The van der Waals surface area contributed by atoms with E-state index in [2.05, 4.69) is 10.3 Å². The lowest BCUT2D eigenvalue weighted by atomic mass is 9.79. The second-order valence-electron chi connectivity index (χ2n) is 8.09. The van der Waals surface area contributed by atoms with Crippen LogP contribution >= 0.6 is 0 Å². The zero-order chi connectivity index (χ0) is 24.0. The predicted octanol–water partition coefficient (Wildman–Crippen LogP) is 1.55. The summed E-state index contributed by atoms with van der Waals surface area (Å²) in [7, 11) is -2.12. The van der Waals surface area contributed by atoms with Gasteiger partial charge in [-0.15, -0.1) is 0 Å². The maximum atomic E-state index is 13.5. The minimum atomic E-state index is -3.68. The van der Waals surface area contributed by atoms with Gasteiger partial charge >= 0.3 is 10.1 Å². The maximum absolute atomic E-state index is 13.5. The van der Waals surface area contributed by atoms with Crippen molar-refractivity contribution in [3.63, 3.8) is 0 Å². The number of carbonyl (C=O) groups is 1. The van der Waals surface area contributed by atoms with Crippen molar-refractivity contribution in [2.24, 2.45) is 10.7 Å². The first-order valence-electron chi connectivity index (χ1n) is 10.2.